The molecule has 0 saturated heterocycles. The number of rotatable bonds is 3. The molecule has 1 heterocycles. The van der Waals surface area contributed by atoms with E-state index in [-0.39, 0.29) is 5.54 Å². The molecule has 0 aromatic carbocycles. The van der Waals surface area contributed by atoms with Crippen molar-refractivity contribution in [1.82, 2.24) is 4.98 Å². The van der Waals surface area contributed by atoms with Gasteiger partial charge in [-0.15, -0.1) is 0 Å². The van der Waals surface area contributed by atoms with Crippen LogP contribution < -0.4 is 5.32 Å². The standard InChI is InChI=1S/C14H18N2O2S/c17-12(18)11-7-15-13(19-11)16-14-4-8-1-9(5-14)3-10(2-8)6-14/h7-10H,1-6H2,(H,15,16)(H,17,18). The van der Waals surface area contributed by atoms with Crippen LogP contribution >= 0.6 is 11.3 Å². The molecule has 0 atom stereocenters. The molecule has 4 nitrogen and oxygen atoms in total. The average molecular weight is 278 g/mol. The van der Waals surface area contributed by atoms with Gasteiger partial charge >= 0.3 is 5.97 Å². The van der Waals surface area contributed by atoms with E-state index in [2.05, 4.69) is 10.3 Å². The molecule has 102 valence electrons. The molecule has 0 aliphatic heterocycles. The Bertz CT molecular complexity index is 490. The maximum Gasteiger partial charge on any atom is 0.347 e. The maximum atomic E-state index is 10.9. The van der Waals surface area contributed by atoms with Gasteiger partial charge in [-0.1, -0.05) is 11.3 Å². The van der Waals surface area contributed by atoms with Crippen molar-refractivity contribution in [1.29, 1.82) is 0 Å². The van der Waals surface area contributed by atoms with Crippen LogP contribution in [0.3, 0.4) is 0 Å². The third-order valence-electron chi connectivity index (χ3n) is 5.13. The van der Waals surface area contributed by atoms with Gasteiger partial charge < -0.3 is 10.4 Å². The zero-order valence-electron chi connectivity index (χ0n) is 10.8. The second-order valence-corrected chi connectivity index (χ2v) is 7.69. The van der Waals surface area contributed by atoms with E-state index in [1.807, 2.05) is 0 Å². The number of nitrogens with one attached hydrogen (secondary N) is 1. The summed E-state index contributed by atoms with van der Waals surface area (Å²) in [7, 11) is 0. The molecular weight excluding hydrogens is 260 g/mol. The number of thiazole rings is 1. The predicted molar refractivity (Wildman–Crippen MR) is 73.6 cm³/mol. The first-order valence-electron chi connectivity index (χ1n) is 7.09. The number of anilines is 1. The number of carboxylic acid groups (broad SMARTS) is 1. The van der Waals surface area contributed by atoms with Crippen LogP contribution in [0.5, 0.6) is 0 Å². The first kappa shape index (κ1) is 11.7. The van der Waals surface area contributed by atoms with E-state index in [4.69, 9.17) is 5.11 Å². The molecular formula is C14H18N2O2S. The minimum atomic E-state index is -0.879. The molecule has 4 fully saturated rings. The van der Waals surface area contributed by atoms with Crippen molar-refractivity contribution in [2.24, 2.45) is 17.8 Å². The van der Waals surface area contributed by atoms with Crippen molar-refractivity contribution < 1.29 is 9.90 Å². The number of aromatic nitrogens is 1. The molecule has 0 spiro atoms. The van der Waals surface area contributed by atoms with Crippen LogP contribution in [-0.4, -0.2) is 21.6 Å². The van der Waals surface area contributed by atoms with Crippen LogP contribution in [-0.2, 0) is 0 Å². The van der Waals surface area contributed by atoms with Gasteiger partial charge in [0.05, 0.1) is 6.20 Å². The van der Waals surface area contributed by atoms with Crippen LogP contribution in [0, 0.1) is 17.8 Å². The van der Waals surface area contributed by atoms with Gasteiger partial charge in [0.15, 0.2) is 5.13 Å². The molecule has 0 unspecified atom stereocenters. The summed E-state index contributed by atoms with van der Waals surface area (Å²) in [6.45, 7) is 0. The highest BCUT2D eigenvalue weighted by atomic mass is 32.1. The quantitative estimate of drug-likeness (QED) is 0.891. The zero-order valence-corrected chi connectivity index (χ0v) is 11.6. The van der Waals surface area contributed by atoms with Crippen LogP contribution in [0.1, 0.15) is 48.2 Å². The van der Waals surface area contributed by atoms with Gasteiger partial charge in [-0.3, -0.25) is 0 Å². The van der Waals surface area contributed by atoms with Crippen molar-refractivity contribution in [3.8, 4) is 0 Å². The van der Waals surface area contributed by atoms with Gasteiger partial charge in [0.25, 0.3) is 0 Å². The fourth-order valence-electron chi connectivity index (χ4n) is 4.92. The second-order valence-electron chi connectivity index (χ2n) is 6.66. The lowest BCUT2D eigenvalue weighted by molar-refractivity contribution is 0.0107. The smallest absolute Gasteiger partial charge is 0.347 e. The van der Waals surface area contributed by atoms with Crippen LogP contribution in [0.4, 0.5) is 5.13 Å². The van der Waals surface area contributed by atoms with E-state index in [9.17, 15) is 4.79 Å². The van der Waals surface area contributed by atoms with E-state index in [1.54, 1.807) is 0 Å². The van der Waals surface area contributed by atoms with Crippen molar-refractivity contribution in [2.75, 3.05) is 5.32 Å². The Labute approximate surface area is 116 Å². The molecule has 0 radical (unpaired) electrons. The number of nitrogens with zero attached hydrogens (tertiary/aromatic N) is 1. The SMILES string of the molecule is O=C(O)c1cnc(NC23CC4CC(CC(C4)C2)C3)s1. The highest BCUT2D eigenvalue weighted by molar-refractivity contribution is 7.17. The van der Waals surface area contributed by atoms with Crippen molar-refractivity contribution in [3.05, 3.63) is 11.1 Å². The summed E-state index contributed by atoms with van der Waals surface area (Å²) >= 11 is 1.27. The Morgan fingerprint density at radius 3 is 2.32 bits per heavy atom. The minimum Gasteiger partial charge on any atom is -0.477 e. The molecule has 5 heteroatoms. The Kier molecular flexibility index (Phi) is 2.43. The minimum absolute atomic E-state index is 0.211. The second kappa shape index (κ2) is 3.95. The fraction of sp³-hybridized carbons (Fsp3) is 0.714. The number of hydrogen-bond donors (Lipinski definition) is 2. The lowest BCUT2D eigenvalue weighted by atomic mass is 9.53. The summed E-state index contributed by atoms with van der Waals surface area (Å²) in [6, 6.07) is 0. The molecule has 4 bridgehead atoms. The predicted octanol–water partition coefficient (Wildman–Crippen LogP) is 3.22. The van der Waals surface area contributed by atoms with Crippen molar-refractivity contribution in [3.63, 3.8) is 0 Å². The van der Waals surface area contributed by atoms with Gasteiger partial charge in [0, 0.05) is 5.54 Å². The molecule has 4 saturated carbocycles. The summed E-state index contributed by atoms with van der Waals surface area (Å²) in [5.41, 5.74) is 0.211. The molecule has 5 rings (SSSR count). The van der Waals surface area contributed by atoms with E-state index < -0.39 is 5.97 Å². The van der Waals surface area contributed by atoms with E-state index in [0.29, 0.717) is 4.88 Å². The maximum absolute atomic E-state index is 10.9. The molecule has 0 amide bonds. The molecule has 1 aromatic heterocycles. The van der Waals surface area contributed by atoms with Crippen LogP contribution in [0.25, 0.3) is 0 Å². The highest BCUT2D eigenvalue weighted by Gasteiger charge is 2.51. The third kappa shape index (κ3) is 1.95. The summed E-state index contributed by atoms with van der Waals surface area (Å²) < 4.78 is 0. The Balaban J connectivity index is 1.57. The van der Waals surface area contributed by atoms with Crippen molar-refractivity contribution >= 4 is 22.4 Å². The molecule has 1 aromatic rings. The normalized spacial score (nSPS) is 39.5. The van der Waals surface area contributed by atoms with Gasteiger partial charge in [0.1, 0.15) is 4.88 Å². The summed E-state index contributed by atoms with van der Waals surface area (Å²) in [6.07, 6.45) is 9.47. The summed E-state index contributed by atoms with van der Waals surface area (Å²) in [4.78, 5) is 15.5. The molecule has 19 heavy (non-hydrogen) atoms. The van der Waals surface area contributed by atoms with Gasteiger partial charge in [-0.25, -0.2) is 9.78 Å². The van der Waals surface area contributed by atoms with Crippen molar-refractivity contribution in [2.45, 2.75) is 44.1 Å². The highest BCUT2D eigenvalue weighted by Crippen LogP contribution is 2.56. The molecule has 4 aliphatic rings. The van der Waals surface area contributed by atoms with E-state index in [0.717, 1.165) is 22.9 Å². The average Bonchev–Trinajstić information content (AvgIpc) is 2.74. The van der Waals surface area contributed by atoms with Gasteiger partial charge in [0.2, 0.25) is 0 Å². The Morgan fingerprint density at radius 1 is 1.26 bits per heavy atom. The van der Waals surface area contributed by atoms with Crippen LogP contribution in [0.15, 0.2) is 6.20 Å². The van der Waals surface area contributed by atoms with E-state index >= 15 is 0 Å². The Morgan fingerprint density at radius 2 is 1.84 bits per heavy atom. The zero-order chi connectivity index (χ0) is 13.0. The molecule has 4 aliphatic carbocycles. The number of aromatic carboxylic acids is 1. The van der Waals surface area contributed by atoms with Gasteiger partial charge in [-0.05, 0) is 56.3 Å². The third-order valence-corrected chi connectivity index (χ3v) is 6.03. The monoisotopic (exact) mass is 278 g/mol. The lowest BCUT2D eigenvalue weighted by Gasteiger charge is -2.56. The largest absolute Gasteiger partial charge is 0.477 e. The number of hydrogen-bond acceptors (Lipinski definition) is 4. The van der Waals surface area contributed by atoms with E-state index in [1.165, 1.54) is 56.1 Å². The Hall–Kier alpha value is -1.10. The van der Waals surface area contributed by atoms with Crippen LogP contribution in [0.2, 0.25) is 0 Å². The summed E-state index contributed by atoms with van der Waals surface area (Å²) in [5.74, 6) is 1.78. The molecule has 2 N–H and O–H groups in total. The lowest BCUT2D eigenvalue weighted by Crippen LogP contribution is -2.54. The first-order chi connectivity index (χ1) is 9.12. The topological polar surface area (TPSA) is 62.2 Å². The first-order valence-corrected chi connectivity index (χ1v) is 7.91. The number of carboxylic acids is 1. The van der Waals surface area contributed by atoms with Gasteiger partial charge in [-0.2, -0.15) is 0 Å². The fourth-order valence-corrected chi connectivity index (χ4v) is 5.70. The summed E-state index contributed by atoms with van der Waals surface area (Å²) in [5, 5.41) is 13.4. The number of carbonyl (C=O) groups is 1.